The molecule has 0 spiro atoms. The molecule has 0 aromatic carbocycles. The third kappa shape index (κ3) is 2.24. The molecule has 4 heteroatoms. The molecule has 1 saturated carbocycles. The zero-order valence-electron chi connectivity index (χ0n) is 10.4. The van der Waals surface area contributed by atoms with E-state index in [-0.39, 0.29) is 0 Å². The maximum absolute atomic E-state index is 6.22. The third-order valence-corrected chi connectivity index (χ3v) is 4.29. The van der Waals surface area contributed by atoms with Gasteiger partial charge < -0.3 is 10.3 Å². The van der Waals surface area contributed by atoms with Gasteiger partial charge in [-0.3, -0.25) is 4.90 Å². The number of fused-ring (bicyclic) bond motifs is 1. The Morgan fingerprint density at radius 1 is 1.47 bits per heavy atom. The Hall–Kier alpha value is -0.870. The molecule has 4 nitrogen and oxygen atoms in total. The Labute approximate surface area is 102 Å². The number of nitrogens with zero attached hydrogens (tertiary/aromatic N) is 2. The fraction of sp³-hybridized carbons (Fsp3) is 0.769. The Bertz CT molecular complexity index is 390. The van der Waals surface area contributed by atoms with Gasteiger partial charge in [0.15, 0.2) is 0 Å². The summed E-state index contributed by atoms with van der Waals surface area (Å²) in [4.78, 5) is 2.48. The van der Waals surface area contributed by atoms with Crippen LogP contribution in [-0.4, -0.2) is 29.2 Å². The van der Waals surface area contributed by atoms with Crippen LogP contribution in [0.4, 0.5) is 0 Å². The van der Waals surface area contributed by atoms with Crippen molar-refractivity contribution in [2.24, 2.45) is 17.6 Å². The molecular weight excluding hydrogens is 214 g/mol. The number of hydrogen-bond donors (Lipinski definition) is 1. The van der Waals surface area contributed by atoms with E-state index in [1.165, 1.54) is 25.8 Å². The predicted molar refractivity (Wildman–Crippen MR) is 65.3 cm³/mol. The van der Waals surface area contributed by atoms with E-state index in [1.54, 1.807) is 0 Å². The topological polar surface area (TPSA) is 55.3 Å². The van der Waals surface area contributed by atoms with Gasteiger partial charge in [0.25, 0.3) is 0 Å². The van der Waals surface area contributed by atoms with Crippen LogP contribution < -0.4 is 5.73 Å². The molecule has 2 fully saturated rings. The maximum Gasteiger partial charge on any atom is 0.133 e. The fourth-order valence-corrected chi connectivity index (χ4v) is 3.46. The van der Waals surface area contributed by atoms with Gasteiger partial charge >= 0.3 is 0 Å². The van der Waals surface area contributed by atoms with E-state index in [2.05, 4.69) is 10.1 Å². The maximum atomic E-state index is 6.22. The lowest BCUT2D eigenvalue weighted by Crippen LogP contribution is -2.38. The molecule has 2 heterocycles. The minimum absolute atomic E-state index is 0.415. The highest BCUT2D eigenvalue weighted by Crippen LogP contribution is 2.35. The number of nitrogens with two attached hydrogens (primary N) is 1. The highest BCUT2D eigenvalue weighted by atomic mass is 16.5. The number of rotatable bonds is 2. The molecule has 1 aliphatic heterocycles. The van der Waals surface area contributed by atoms with Gasteiger partial charge in [0.2, 0.25) is 0 Å². The van der Waals surface area contributed by atoms with Crippen molar-refractivity contribution < 1.29 is 4.52 Å². The van der Waals surface area contributed by atoms with E-state index < -0.39 is 0 Å². The first kappa shape index (κ1) is 11.2. The van der Waals surface area contributed by atoms with Gasteiger partial charge in [0, 0.05) is 31.7 Å². The van der Waals surface area contributed by atoms with E-state index in [4.69, 9.17) is 10.3 Å². The zero-order chi connectivity index (χ0) is 11.8. The summed E-state index contributed by atoms with van der Waals surface area (Å²) in [7, 11) is 0. The average molecular weight is 235 g/mol. The van der Waals surface area contributed by atoms with Gasteiger partial charge in [-0.1, -0.05) is 11.6 Å². The SMILES string of the molecule is Cc1cc(CN2CC3CCCC(N)C3C2)no1. The smallest absolute Gasteiger partial charge is 0.133 e. The average Bonchev–Trinajstić information content (AvgIpc) is 2.86. The van der Waals surface area contributed by atoms with Gasteiger partial charge in [-0.2, -0.15) is 0 Å². The molecule has 2 aliphatic rings. The predicted octanol–water partition coefficient (Wildman–Crippen LogP) is 1.54. The Morgan fingerprint density at radius 2 is 2.35 bits per heavy atom. The first-order valence-electron chi connectivity index (χ1n) is 6.62. The fourth-order valence-electron chi connectivity index (χ4n) is 3.46. The van der Waals surface area contributed by atoms with Crippen molar-refractivity contribution in [2.45, 2.75) is 38.8 Å². The molecular formula is C13H21N3O. The summed E-state index contributed by atoms with van der Waals surface area (Å²) in [5.74, 6) is 2.41. The van der Waals surface area contributed by atoms with E-state index in [0.717, 1.165) is 30.5 Å². The summed E-state index contributed by atoms with van der Waals surface area (Å²) in [6.45, 7) is 5.18. The zero-order valence-corrected chi connectivity index (χ0v) is 10.4. The lowest BCUT2D eigenvalue weighted by molar-refractivity contribution is 0.259. The first-order chi connectivity index (χ1) is 8.22. The van der Waals surface area contributed by atoms with E-state index in [0.29, 0.717) is 12.0 Å². The van der Waals surface area contributed by atoms with Crippen molar-refractivity contribution in [2.75, 3.05) is 13.1 Å². The van der Waals surface area contributed by atoms with Crippen LogP contribution in [0.5, 0.6) is 0 Å². The van der Waals surface area contributed by atoms with Crippen molar-refractivity contribution in [3.8, 4) is 0 Å². The van der Waals surface area contributed by atoms with Crippen LogP contribution in [0.1, 0.15) is 30.7 Å². The van der Waals surface area contributed by atoms with Crippen LogP contribution in [0.25, 0.3) is 0 Å². The van der Waals surface area contributed by atoms with Crippen LogP contribution in [0.3, 0.4) is 0 Å². The van der Waals surface area contributed by atoms with E-state index in [1.807, 2.05) is 13.0 Å². The summed E-state index contributed by atoms with van der Waals surface area (Å²) >= 11 is 0. The van der Waals surface area contributed by atoms with E-state index in [9.17, 15) is 0 Å². The summed E-state index contributed by atoms with van der Waals surface area (Å²) in [5, 5.41) is 4.07. The summed E-state index contributed by atoms with van der Waals surface area (Å²) in [6, 6.07) is 2.44. The lowest BCUT2D eigenvalue weighted by Gasteiger charge is -2.29. The van der Waals surface area contributed by atoms with E-state index >= 15 is 0 Å². The molecule has 0 radical (unpaired) electrons. The number of aromatic nitrogens is 1. The van der Waals surface area contributed by atoms with Crippen molar-refractivity contribution in [1.82, 2.24) is 10.1 Å². The van der Waals surface area contributed by atoms with Gasteiger partial charge in [-0.05, 0) is 31.6 Å². The molecule has 1 aromatic rings. The van der Waals surface area contributed by atoms with Crippen molar-refractivity contribution >= 4 is 0 Å². The molecule has 94 valence electrons. The molecule has 1 saturated heterocycles. The molecule has 0 amide bonds. The Balaban J connectivity index is 1.63. The summed E-state index contributed by atoms with van der Waals surface area (Å²) < 4.78 is 5.11. The molecule has 0 bridgehead atoms. The lowest BCUT2D eigenvalue weighted by atomic mass is 9.78. The standard InChI is InChI=1S/C13H21N3O/c1-9-5-11(15-17-9)7-16-6-10-3-2-4-13(14)12(10)8-16/h5,10,12-13H,2-4,6-8,14H2,1H3. The highest BCUT2D eigenvalue weighted by molar-refractivity contribution is 5.04. The number of hydrogen-bond acceptors (Lipinski definition) is 4. The third-order valence-electron chi connectivity index (χ3n) is 4.29. The highest BCUT2D eigenvalue weighted by Gasteiger charge is 2.38. The minimum atomic E-state index is 0.415. The quantitative estimate of drug-likeness (QED) is 0.845. The second-order valence-electron chi connectivity index (χ2n) is 5.64. The normalized spacial score (nSPS) is 33.9. The Morgan fingerprint density at radius 3 is 3.06 bits per heavy atom. The molecule has 17 heavy (non-hydrogen) atoms. The number of aryl methyl sites for hydroxylation is 1. The van der Waals surface area contributed by atoms with Gasteiger partial charge in [0.1, 0.15) is 5.76 Å². The van der Waals surface area contributed by atoms with Crippen LogP contribution in [-0.2, 0) is 6.54 Å². The van der Waals surface area contributed by atoms with Crippen molar-refractivity contribution in [3.63, 3.8) is 0 Å². The van der Waals surface area contributed by atoms with Gasteiger partial charge in [-0.25, -0.2) is 0 Å². The summed E-state index contributed by atoms with van der Waals surface area (Å²) in [6.07, 6.45) is 3.87. The van der Waals surface area contributed by atoms with Crippen molar-refractivity contribution in [3.05, 3.63) is 17.5 Å². The van der Waals surface area contributed by atoms with Crippen molar-refractivity contribution in [1.29, 1.82) is 0 Å². The largest absolute Gasteiger partial charge is 0.361 e. The molecule has 1 aliphatic carbocycles. The summed E-state index contributed by atoms with van der Waals surface area (Å²) in [5.41, 5.74) is 7.27. The second kappa shape index (κ2) is 4.42. The minimum Gasteiger partial charge on any atom is -0.361 e. The molecule has 3 unspecified atom stereocenters. The Kier molecular flexibility index (Phi) is 2.92. The van der Waals surface area contributed by atoms with Gasteiger partial charge in [-0.15, -0.1) is 0 Å². The van der Waals surface area contributed by atoms with Crippen LogP contribution in [0.2, 0.25) is 0 Å². The van der Waals surface area contributed by atoms with Crippen LogP contribution in [0, 0.1) is 18.8 Å². The molecule has 3 atom stereocenters. The molecule has 3 rings (SSSR count). The number of likely N-dealkylation sites (tertiary alicyclic amines) is 1. The van der Waals surface area contributed by atoms with Crippen LogP contribution in [0.15, 0.2) is 10.6 Å². The molecule has 1 aromatic heterocycles. The molecule has 2 N–H and O–H groups in total. The first-order valence-corrected chi connectivity index (χ1v) is 6.62. The monoisotopic (exact) mass is 235 g/mol. The van der Waals surface area contributed by atoms with Crippen LogP contribution >= 0.6 is 0 Å². The second-order valence-corrected chi connectivity index (χ2v) is 5.64. The van der Waals surface area contributed by atoms with Gasteiger partial charge in [0.05, 0.1) is 5.69 Å².